The number of likely N-dealkylation sites (N-methyl/N-ethyl adjacent to an activating group) is 1. The van der Waals surface area contributed by atoms with Crippen molar-refractivity contribution in [2.75, 3.05) is 24.3 Å². The topological polar surface area (TPSA) is 155 Å². The molecule has 11 nitrogen and oxygen atoms in total. The predicted octanol–water partition coefficient (Wildman–Crippen LogP) is 2.21. The Morgan fingerprint density at radius 2 is 1.93 bits per heavy atom. The maximum absolute atomic E-state index is 15.4. The van der Waals surface area contributed by atoms with Gasteiger partial charge in [0.15, 0.2) is 9.84 Å². The predicted molar refractivity (Wildman–Crippen MR) is 145 cm³/mol. The molecule has 3 N–H and O–H groups in total. The van der Waals surface area contributed by atoms with Crippen molar-refractivity contribution in [2.24, 2.45) is 0 Å². The Morgan fingerprint density at radius 1 is 1.25 bits per heavy atom. The number of nitrogens with zero attached hydrogens (tertiary/aromatic N) is 3. The van der Waals surface area contributed by atoms with Crippen molar-refractivity contribution in [2.45, 2.75) is 49.7 Å². The van der Waals surface area contributed by atoms with Crippen LogP contribution in [-0.4, -0.2) is 67.0 Å². The van der Waals surface area contributed by atoms with E-state index in [1.807, 2.05) is 20.8 Å². The van der Waals surface area contributed by atoms with Gasteiger partial charge in [-0.25, -0.2) is 12.8 Å². The summed E-state index contributed by atoms with van der Waals surface area (Å²) >= 11 is 6.01. The summed E-state index contributed by atoms with van der Waals surface area (Å²) in [6, 6.07) is 5.93. The van der Waals surface area contributed by atoms with Gasteiger partial charge in [0.05, 0.1) is 35.1 Å². The van der Waals surface area contributed by atoms with E-state index in [2.05, 4.69) is 20.8 Å². The number of benzene rings is 2. The van der Waals surface area contributed by atoms with Gasteiger partial charge in [-0.3, -0.25) is 9.59 Å². The van der Waals surface area contributed by atoms with Gasteiger partial charge in [-0.05, 0) is 36.9 Å². The number of halogens is 2. The number of carbonyl (C=O) groups excluding carboxylic acids is 2. The third kappa shape index (κ3) is 6.02. The summed E-state index contributed by atoms with van der Waals surface area (Å²) in [5.41, 5.74) is -0.242. The van der Waals surface area contributed by atoms with E-state index in [0.717, 1.165) is 11.0 Å². The fourth-order valence-electron chi connectivity index (χ4n) is 4.11. The Labute approximate surface area is 235 Å². The summed E-state index contributed by atoms with van der Waals surface area (Å²) in [6.07, 6.45) is 0. The molecule has 2 heterocycles. The molecule has 14 heteroatoms. The molecule has 0 saturated carbocycles. The monoisotopic (exact) mass is 593 g/mol. The van der Waals surface area contributed by atoms with Crippen molar-refractivity contribution in [3.05, 3.63) is 58.7 Å². The number of sulfone groups is 1. The van der Waals surface area contributed by atoms with Gasteiger partial charge < -0.3 is 25.1 Å². The first kappa shape index (κ1) is 29.6. The van der Waals surface area contributed by atoms with Gasteiger partial charge in [-0.15, -0.1) is 10.2 Å². The number of nitrogens with one attached hydrogen (secondary N) is 2. The van der Waals surface area contributed by atoms with Crippen LogP contribution in [0.5, 0.6) is 0 Å². The Balaban J connectivity index is 1.87. The van der Waals surface area contributed by atoms with Crippen molar-refractivity contribution in [1.29, 1.82) is 0 Å². The van der Waals surface area contributed by atoms with Gasteiger partial charge in [0.25, 0.3) is 11.8 Å². The van der Waals surface area contributed by atoms with E-state index in [4.69, 9.17) is 16.0 Å². The fraction of sp³-hybridized carbons (Fsp3) is 0.385. The fourth-order valence-corrected chi connectivity index (χ4v) is 5.85. The molecule has 0 aliphatic carbocycles. The van der Waals surface area contributed by atoms with E-state index < -0.39 is 62.2 Å². The summed E-state index contributed by atoms with van der Waals surface area (Å²) in [6.45, 7) is 4.80. The van der Waals surface area contributed by atoms with E-state index in [9.17, 15) is 23.1 Å². The number of amides is 2. The van der Waals surface area contributed by atoms with Crippen LogP contribution in [0.4, 0.5) is 10.1 Å². The highest BCUT2D eigenvalue weighted by Crippen LogP contribution is 2.38. The quantitative estimate of drug-likeness (QED) is 0.374. The first-order valence-electron chi connectivity index (χ1n) is 12.3. The van der Waals surface area contributed by atoms with Crippen molar-refractivity contribution >= 4 is 38.9 Å². The highest BCUT2D eigenvalue weighted by molar-refractivity contribution is 7.91. The molecule has 0 spiro atoms. The van der Waals surface area contributed by atoms with Gasteiger partial charge in [0.1, 0.15) is 17.9 Å². The van der Waals surface area contributed by atoms with Gasteiger partial charge in [0.2, 0.25) is 11.8 Å². The number of aromatic nitrogens is 2. The molecule has 40 heavy (non-hydrogen) atoms. The van der Waals surface area contributed by atoms with Crippen LogP contribution in [0.3, 0.4) is 0 Å². The number of hydrogen-bond acceptors (Lipinski definition) is 9. The molecule has 214 valence electrons. The lowest BCUT2D eigenvalue weighted by Gasteiger charge is -2.27. The molecular weight excluding hydrogens is 565 g/mol. The number of rotatable bonds is 7. The highest BCUT2D eigenvalue weighted by Gasteiger charge is 2.40. The van der Waals surface area contributed by atoms with Crippen LogP contribution in [0.1, 0.15) is 32.2 Å². The molecule has 4 rings (SSSR count). The maximum Gasteiger partial charge on any atom is 0.250 e. The molecule has 2 amide bonds. The third-order valence-electron chi connectivity index (χ3n) is 6.34. The van der Waals surface area contributed by atoms with Crippen LogP contribution in [0.2, 0.25) is 5.02 Å². The van der Waals surface area contributed by atoms with Crippen LogP contribution in [0, 0.1) is 5.82 Å². The van der Waals surface area contributed by atoms with Gasteiger partial charge in [-0.1, -0.05) is 44.5 Å². The van der Waals surface area contributed by atoms with Crippen LogP contribution >= 0.6 is 11.6 Å². The first-order valence-corrected chi connectivity index (χ1v) is 14.3. The summed E-state index contributed by atoms with van der Waals surface area (Å²) in [5, 5.41) is 22.9. The maximum atomic E-state index is 15.4. The number of carbonyl (C=O) groups is 2. The second-order valence-corrected chi connectivity index (χ2v) is 12.8. The number of aliphatic hydroxyl groups excluding tert-OH is 1. The average molecular weight is 594 g/mol. The second-order valence-electron chi connectivity index (χ2n) is 10.4. The number of aliphatic hydroxyl groups is 1. The molecule has 1 aromatic heterocycles. The smallest absolute Gasteiger partial charge is 0.250 e. The third-order valence-corrected chi connectivity index (χ3v) is 8.36. The number of anilines is 1. The van der Waals surface area contributed by atoms with E-state index in [-0.39, 0.29) is 29.6 Å². The molecule has 1 aliphatic heterocycles. The molecule has 0 fully saturated rings. The first-order chi connectivity index (χ1) is 18.7. The van der Waals surface area contributed by atoms with Crippen LogP contribution < -0.4 is 15.5 Å². The molecule has 2 aromatic carbocycles. The van der Waals surface area contributed by atoms with Gasteiger partial charge in [-0.2, -0.15) is 0 Å². The summed E-state index contributed by atoms with van der Waals surface area (Å²) in [4.78, 5) is 27.3. The molecule has 0 bridgehead atoms. The zero-order chi connectivity index (χ0) is 29.4. The van der Waals surface area contributed by atoms with Crippen molar-refractivity contribution in [1.82, 2.24) is 20.8 Å². The van der Waals surface area contributed by atoms with Crippen molar-refractivity contribution in [3.8, 4) is 11.5 Å². The lowest BCUT2D eigenvalue weighted by atomic mass is 9.97. The SMILES string of the molecule is CNC(CO)C(=O)N[C@H]1CS(=O)(=O)c2cc(F)c(-c3nnc(C(C)(C)C)o3)cc2N(Cc2ccc(Cl)cc2)C1=O. The van der Waals surface area contributed by atoms with Crippen LogP contribution in [0.15, 0.2) is 45.7 Å². The molecule has 3 aromatic rings. The lowest BCUT2D eigenvalue weighted by Crippen LogP contribution is -2.55. The Kier molecular flexibility index (Phi) is 8.31. The van der Waals surface area contributed by atoms with E-state index in [0.29, 0.717) is 10.6 Å². The minimum atomic E-state index is -4.30. The van der Waals surface area contributed by atoms with Crippen LogP contribution in [0.25, 0.3) is 11.5 Å². The molecular formula is C26H29ClFN5O6S. The molecule has 1 aliphatic rings. The summed E-state index contributed by atoms with van der Waals surface area (Å²) in [5.74, 6) is -3.24. The molecule has 2 atom stereocenters. The standard InChI is InChI=1S/C26H29ClFN5O6S/c1-26(2,3)25-32-31-23(39-25)16-9-20-21(10-17(16)28)40(37,38)13-19(30-22(35)18(12-34)29-4)24(36)33(20)11-14-5-7-15(27)8-6-14/h5-10,18-19,29,34H,11-13H2,1-4H3,(H,30,35)/t18?,19-/m0/s1. The van der Waals surface area contributed by atoms with E-state index >= 15 is 4.39 Å². The van der Waals surface area contributed by atoms with Crippen LogP contribution in [-0.2, 0) is 31.4 Å². The summed E-state index contributed by atoms with van der Waals surface area (Å²) in [7, 11) is -2.87. The number of hydrogen-bond donors (Lipinski definition) is 3. The van der Waals surface area contributed by atoms with Crippen molar-refractivity contribution < 1.29 is 31.9 Å². The Hall–Kier alpha value is -3.39. The minimum Gasteiger partial charge on any atom is -0.420 e. The zero-order valence-corrected chi connectivity index (χ0v) is 23.8. The molecule has 1 unspecified atom stereocenters. The lowest BCUT2D eigenvalue weighted by molar-refractivity contribution is -0.129. The van der Waals surface area contributed by atoms with Gasteiger partial charge in [0, 0.05) is 10.4 Å². The second kappa shape index (κ2) is 11.2. The van der Waals surface area contributed by atoms with E-state index in [1.165, 1.54) is 13.1 Å². The average Bonchev–Trinajstić information content (AvgIpc) is 3.37. The normalized spacial score (nSPS) is 17.7. The summed E-state index contributed by atoms with van der Waals surface area (Å²) < 4.78 is 48.1. The van der Waals surface area contributed by atoms with Gasteiger partial charge >= 0.3 is 0 Å². The molecule has 0 radical (unpaired) electrons. The number of fused-ring (bicyclic) bond motifs is 1. The minimum absolute atomic E-state index is 0.115. The largest absolute Gasteiger partial charge is 0.420 e. The van der Waals surface area contributed by atoms with E-state index in [1.54, 1.807) is 24.3 Å². The zero-order valence-electron chi connectivity index (χ0n) is 22.2. The Morgan fingerprint density at radius 3 is 2.50 bits per heavy atom. The van der Waals surface area contributed by atoms with Crippen molar-refractivity contribution in [3.63, 3.8) is 0 Å². The Bertz CT molecular complexity index is 1530. The highest BCUT2D eigenvalue weighted by atomic mass is 35.5. The molecule has 0 saturated heterocycles.